The molecule has 0 fully saturated rings. The van der Waals surface area contributed by atoms with Crippen LogP contribution < -0.4 is 9.47 Å². The van der Waals surface area contributed by atoms with E-state index in [1.165, 1.54) is 19.2 Å². The summed E-state index contributed by atoms with van der Waals surface area (Å²) in [5.41, 5.74) is 0.505. The number of hydrogen-bond acceptors (Lipinski definition) is 6. The Morgan fingerprint density at radius 3 is 2.71 bits per heavy atom. The largest absolute Gasteiger partial charge is 0.496 e. The molecule has 0 amide bonds. The van der Waals surface area contributed by atoms with Crippen LogP contribution in [0.15, 0.2) is 24.3 Å². The molecule has 0 bridgehead atoms. The Bertz CT molecular complexity index is 658. The van der Waals surface area contributed by atoms with Crippen molar-refractivity contribution in [3.05, 3.63) is 51.1 Å². The Morgan fingerprint density at radius 2 is 2.10 bits per heavy atom. The van der Waals surface area contributed by atoms with E-state index in [0.29, 0.717) is 22.4 Å². The van der Waals surface area contributed by atoms with Crippen molar-refractivity contribution >= 4 is 17.3 Å². The Balaban J connectivity index is 2.21. The summed E-state index contributed by atoms with van der Waals surface area (Å²) in [5, 5.41) is 11.3. The summed E-state index contributed by atoms with van der Waals surface area (Å²) in [6, 6.07) is 5.95. The Labute approximate surface area is 125 Å². The van der Waals surface area contributed by atoms with E-state index in [1.54, 1.807) is 19.1 Å². The van der Waals surface area contributed by atoms with Gasteiger partial charge in [0.25, 0.3) is 0 Å². The summed E-state index contributed by atoms with van der Waals surface area (Å²) >= 11 is 5.82. The van der Waals surface area contributed by atoms with E-state index in [0.717, 1.165) is 0 Å². The van der Waals surface area contributed by atoms with E-state index in [4.69, 9.17) is 21.1 Å². The van der Waals surface area contributed by atoms with E-state index in [9.17, 15) is 10.1 Å². The van der Waals surface area contributed by atoms with Crippen molar-refractivity contribution in [2.45, 2.75) is 13.5 Å². The quantitative estimate of drug-likeness (QED) is 0.479. The molecule has 0 unspecified atom stereocenters. The first-order valence-electron chi connectivity index (χ1n) is 5.95. The molecule has 0 saturated carbocycles. The number of nitro benzene ring substituents is 1. The molecule has 0 atom stereocenters. The lowest BCUT2D eigenvalue weighted by atomic mass is 10.3. The number of nitrogens with zero attached hydrogens (tertiary/aromatic N) is 3. The van der Waals surface area contributed by atoms with Crippen molar-refractivity contribution in [2.24, 2.45) is 0 Å². The van der Waals surface area contributed by atoms with Gasteiger partial charge in [0.05, 0.1) is 18.1 Å². The van der Waals surface area contributed by atoms with Gasteiger partial charge in [-0.05, 0) is 25.1 Å². The van der Waals surface area contributed by atoms with Crippen LogP contribution in [-0.4, -0.2) is 22.0 Å². The second-order valence-corrected chi connectivity index (χ2v) is 4.51. The van der Waals surface area contributed by atoms with Crippen LogP contribution in [0.25, 0.3) is 0 Å². The average Bonchev–Trinajstić information content (AvgIpc) is 2.43. The maximum Gasteiger partial charge on any atom is 0.314 e. The second-order valence-electron chi connectivity index (χ2n) is 4.13. The lowest BCUT2D eigenvalue weighted by Gasteiger charge is -2.08. The molecule has 0 radical (unpaired) electrons. The van der Waals surface area contributed by atoms with Crippen LogP contribution in [0.1, 0.15) is 11.5 Å². The fourth-order valence-electron chi connectivity index (χ4n) is 1.68. The number of aromatic nitrogens is 2. The van der Waals surface area contributed by atoms with Crippen molar-refractivity contribution in [1.82, 2.24) is 9.97 Å². The van der Waals surface area contributed by atoms with Gasteiger partial charge >= 0.3 is 5.69 Å². The number of hydrogen-bond donors (Lipinski definition) is 0. The maximum absolute atomic E-state index is 11.0. The number of aryl methyl sites for hydroxylation is 1. The van der Waals surface area contributed by atoms with Crippen LogP contribution in [0.5, 0.6) is 11.5 Å². The third kappa shape index (κ3) is 3.79. The van der Waals surface area contributed by atoms with Gasteiger partial charge < -0.3 is 9.47 Å². The zero-order valence-corrected chi connectivity index (χ0v) is 12.1. The van der Waals surface area contributed by atoms with E-state index in [1.807, 2.05) is 0 Å². The Morgan fingerprint density at radius 1 is 1.33 bits per heavy atom. The summed E-state index contributed by atoms with van der Waals surface area (Å²) < 4.78 is 10.4. The number of rotatable bonds is 5. The molecule has 1 aromatic carbocycles. The second kappa shape index (κ2) is 6.36. The van der Waals surface area contributed by atoms with E-state index >= 15 is 0 Å². The first kappa shape index (κ1) is 15.0. The predicted molar refractivity (Wildman–Crippen MR) is 75.8 cm³/mol. The topological polar surface area (TPSA) is 87.4 Å². The predicted octanol–water partition coefficient (Wildman–Crippen LogP) is 2.93. The number of halogens is 1. The van der Waals surface area contributed by atoms with E-state index < -0.39 is 4.92 Å². The minimum absolute atomic E-state index is 0.0193. The van der Waals surface area contributed by atoms with Crippen molar-refractivity contribution in [2.75, 3.05) is 7.11 Å². The van der Waals surface area contributed by atoms with Gasteiger partial charge in [-0.15, -0.1) is 0 Å². The highest BCUT2D eigenvalue weighted by molar-refractivity contribution is 6.29. The van der Waals surface area contributed by atoms with Crippen LogP contribution in [-0.2, 0) is 6.61 Å². The molecule has 0 aliphatic rings. The van der Waals surface area contributed by atoms with Crippen LogP contribution in [0.3, 0.4) is 0 Å². The lowest BCUT2D eigenvalue weighted by molar-refractivity contribution is -0.386. The van der Waals surface area contributed by atoms with Crippen molar-refractivity contribution in [1.29, 1.82) is 0 Å². The highest BCUT2D eigenvalue weighted by Gasteiger charge is 2.17. The molecule has 110 valence electrons. The first-order chi connectivity index (χ1) is 9.99. The standard InChI is InChI=1S/C13H12ClN3O4/c1-8-5-12(14)16-13(15-8)7-21-11-4-3-9(20-2)6-10(11)17(18)19/h3-6H,7H2,1-2H3. The molecule has 0 saturated heterocycles. The van der Waals surface area contributed by atoms with Gasteiger partial charge in [-0.1, -0.05) is 11.6 Å². The molecule has 8 heteroatoms. The highest BCUT2D eigenvalue weighted by atomic mass is 35.5. The molecule has 1 aromatic heterocycles. The van der Waals surface area contributed by atoms with Crippen LogP contribution in [0, 0.1) is 17.0 Å². The van der Waals surface area contributed by atoms with Gasteiger partial charge in [0.2, 0.25) is 0 Å². The minimum Gasteiger partial charge on any atom is -0.496 e. The molecule has 0 spiro atoms. The first-order valence-corrected chi connectivity index (χ1v) is 6.32. The fraction of sp³-hybridized carbons (Fsp3) is 0.231. The third-order valence-electron chi connectivity index (χ3n) is 2.59. The molecule has 7 nitrogen and oxygen atoms in total. The molecule has 0 aliphatic heterocycles. The molecule has 0 aliphatic carbocycles. The molecule has 0 N–H and O–H groups in total. The molecule has 21 heavy (non-hydrogen) atoms. The normalized spacial score (nSPS) is 10.2. The van der Waals surface area contributed by atoms with Gasteiger partial charge in [0, 0.05) is 5.69 Å². The SMILES string of the molecule is COc1ccc(OCc2nc(C)cc(Cl)n2)c([N+](=O)[O-])c1. The number of benzene rings is 1. The zero-order valence-electron chi connectivity index (χ0n) is 11.4. The summed E-state index contributed by atoms with van der Waals surface area (Å²) in [6.45, 7) is 1.75. The van der Waals surface area contributed by atoms with Crippen LogP contribution in [0.4, 0.5) is 5.69 Å². The summed E-state index contributed by atoms with van der Waals surface area (Å²) in [7, 11) is 1.43. The Kier molecular flexibility index (Phi) is 4.54. The summed E-state index contributed by atoms with van der Waals surface area (Å²) in [5.74, 6) is 0.844. The fourth-order valence-corrected chi connectivity index (χ4v) is 1.94. The highest BCUT2D eigenvalue weighted by Crippen LogP contribution is 2.31. The van der Waals surface area contributed by atoms with Crippen LogP contribution >= 0.6 is 11.6 Å². The van der Waals surface area contributed by atoms with E-state index in [-0.39, 0.29) is 18.0 Å². The summed E-state index contributed by atoms with van der Waals surface area (Å²) in [6.07, 6.45) is 0. The van der Waals surface area contributed by atoms with Crippen LogP contribution in [0.2, 0.25) is 5.15 Å². The van der Waals surface area contributed by atoms with Gasteiger partial charge in [0.1, 0.15) is 17.5 Å². The average molecular weight is 310 g/mol. The smallest absolute Gasteiger partial charge is 0.314 e. The third-order valence-corrected chi connectivity index (χ3v) is 2.78. The van der Waals surface area contributed by atoms with Crippen molar-refractivity contribution in [3.63, 3.8) is 0 Å². The zero-order chi connectivity index (χ0) is 15.4. The molecule has 1 heterocycles. The number of methoxy groups -OCH3 is 1. The number of ether oxygens (including phenoxy) is 2. The van der Waals surface area contributed by atoms with Gasteiger partial charge in [0.15, 0.2) is 11.6 Å². The molecule has 2 rings (SSSR count). The monoisotopic (exact) mass is 309 g/mol. The van der Waals surface area contributed by atoms with E-state index in [2.05, 4.69) is 9.97 Å². The number of nitro groups is 1. The van der Waals surface area contributed by atoms with Crippen molar-refractivity contribution < 1.29 is 14.4 Å². The molecular formula is C13H12ClN3O4. The maximum atomic E-state index is 11.0. The van der Waals surface area contributed by atoms with Gasteiger partial charge in [-0.25, -0.2) is 9.97 Å². The Hall–Kier alpha value is -2.41. The minimum atomic E-state index is -0.540. The van der Waals surface area contributed by atoms with Crippen molar-refractivity contribution in [3.8, 4) is 11.5 Å². The summed E-state index contributed by atoms with van der Waals surface area (Å²) in [4.78, 5) is 18.6. The van der Waals surface area contributed by atoms with Gasteiger partial charge in [-0.3, -0.25) is 10.1 Å². The molecular weight excluding hydrogens is 298 g/mol. The van der Waals surface area contributed by atoms with Gasteiger partial charge in [-0.2, -0.15) is 0 Å². The molecule has 2 aromatic rings. The lowest BCUT2D eigenvalue weighted by Crippen LogP contribution is -2.04.